The number of ether oxygens (including phenoxy) is 2. The first-order chi connectivity index (χ1) is 8.86. The molecule has 0 bridgehead atoms. The van der Waals surface area contributed by atoms with Gasteiger partial charge in [0.05, 0.1) is 37.6 Å². The summed E-state index contributed by atoms with van der Waals surface area (Å²) in [5.74, 6) is 0.667. The van der Waals surface area contributed by atoms with Gasteiger partial charge in [-0.1, -0.05) is 13.8 Å². The van der Waals surface area contributed by atoms with Gasteiger partial charge >= 0.3 is 0 Å². The molecule has 3 atom stereocenters. The molecule has 0 aliphatic heterocycles. The minimum absolute atomic E-state index is 0.00667. The highest BCUT2D eigenvalue weighted by Gasteiger charge is 2.21. The largest absolute Gasteiger partial charge is 0.394 e. The lowest BCUT2D eigenvalue weighted by molar-refractivity contribution is -0.0610. The number of rotatable bonds is 7. The molecule has 0 spiro atoms. The van der Waals surface area contributed by atoms with Crippen LogP contribution in [0, 0.1) is 5.92 Å². The van der Waals surface area contributed by atoms with Gasteiger partial charge in [-0.05, 0) is 46.0 Å². The van der Waals surface area contributed by atoms with Crippen LogP contribution in [0.4, 0.5) is 0 Å². The minimum Gasteiger partial charge on any atom is -0.394 e. The van der Waals surface area contributed by atoms with Crippen molar-refractivity contribution in [3.63, 3.8) is 0 Å². The summed E-state index contributed by atoms with van der Waals surface area (Å²) < 4.78 is 10.7. The summed E-state index contributed by atoms with van der Waals surface area (Å²) in [6, 6.07) is 0. The van der Waals surface area contributed by atoms with Gasteiger partial charge in [0.2, 0.25) is 0 Å². The lowest BCUT2D eigenvalue weighted by atomic mass is 9.95. The third-order valence-corrected chi connectivity index (χ3v) is 3.28. The van der Waals surface area contributed by atoms with Crippen LogP contribution >= 0.6 is 0 Å². The van der Waals surface area contributed by atoms with Crippen molar-refractivity contribution in [1.82, 2.24) is 0 Å². The van der Waals surface area contributed by atoms with E-state index < -0.39 is 6.10 Å². The lowest BCUT2D eigenvalue weighted by Crippen LogP contribution is -2.28. The number of hydrogen-bond acceptors (Lipinski definition) is 4. The highest BCUT2D eigenvalue weighted by Crippen LogP contribution is 2.24. The summed E-state index contributed by atoms with van der Waals surface area (Å²) in [6.45, 7) is 10.3. The molecule has 0 heterocycles. The third-order valence-electron chi connectivity index (χ3n) is 3.28. The average molecular weight is 276 g/mol. The molecular formula is C15H32O4. The Kier molecular flexibility index (Phi) is 10.5. The Balaban J connectivity index is 0.000000344. The number of aliphatic hydroxyl groups excluding tert-OH is 2. The summed E-state index contributed by atoms with van der Waals surface area (Å²) in [5, 5.41) is 17.1. The molecule has 0 aromatic carbocycles. The van der Waals surface area contributed by atoms with E-state index in [-0.39, 0.29) is 12.7 Å². The van der Waals surface area contributed by atoms with E-state index in [2.05, 4.69) is 20.8 Å². The molecule has 0 saturated heterocycles. The molecule has 1 rings (SSSR count). The van der Waals surface area contributed by atoms with Crippen molar-refractivity contribution in [1.29, 1.82) is 0 Å². The van der Waals surface area contributed by atoms with Crippen molar-refractivity contribution in [3.8, 4) is 0 Å². The second-order valence-electron chi connectivity index (χ2n) is 5.81. The lowest BCUT2D eigenvalue weighted by Gasteiger charge is -2.30. The van der Waals surface area contributed by atoms with Gasteiger partial charge in [0, 0.05) is 0 Å². The Morgan fingerprint density at radius 2 is 1.68 bits per heavy atom. The van der Waals surface area contributed by atoms with Crippen molar-refractivity contribution < 1.29 is 19.7 Å². The molecule has 3 unspecified atom stereocenters. The molecule has 4 nitrogen and oxygen atoms in total. The van der Waals surface area contributed by atoms with E-state index in [9.17, 15) is 0 Å². The smallest absolute Gasteiger partial charge is 0.0779 e. The summed E-state index contributed by atoms with van der Waals surface area (Å²) >= 11 is 0. The van der Waals surface area contributed by atoms with E-state index in [1.165, 1.54) is 19.3 Å². The summed E-state index contributed by atoms with van der Waals surface area (Å²) in [6.07, 6.45) is 4.38. The molecule has 2 N–H and O–H groups in total. The summed E-state index contributed by atoms with van der Waals surface area (Å²) in [7, 11) is 0. The normalized spacial score (nSPS) is 20.2. The molecular weight excluding hydrogens is 244 g/mol. The maximum absolute atomic E-state index is 8.69. The quantitative estimate of drug-likeness (QED) is 0.749. The van der Waals surface area contributed by atoms with Crippen LogP contribution in [0.5, 0.6) is 0 Å². The minimum atomic E-state index is -0.445. The Hall–Kier alpha value is -0.160. The first-order valence-electron chi connectivity index (χ1n) is 7.42. The monoisotopic (exact) mass is 276 g/mol. The molecule has 0 radical (unpaired) electrons. The van der Waals surface area contributed by atoms with Crippen molar-refractivity contribution in [2.75, 3.05) is 13.2 Å². The Morgan fingerprint density at radius 3 is 2.00 bits per heavy atom. The van der Waals surface area contributed by atoms with E-state index in [4.69, 9.17) is 19.7 Å². The molecule has 0 aromatic rings. The average Bonchev–Trinajstić information content (AvgIpc) is 2.31. The van der Waals surface area contributed by atoms with Crippen molar-refractivity contribution in [2.45, 2.75) is 78.3 Å². The van der Waals surface area contributed by atoms with Gasteiger partial charge in [-0.2, -0.15) is 0 Å². The zero-order valence-corrected chi connectivity index (χ0v) is 13.1. The van der Waals surface area contributed by atoms with Gasteiger partial charge in [0.15, 0.2) is 0 Å². The van der Waals surface area contributed by atoms with E-state index in [0.29, 0.717) is 24.7 Å². The third kappa shape index (κ3) is 10.3. The maximum Gasteiger partial charge on any atom is 0.0779 e. The van der Waals surface area contributed by atoms with E-state index in [0.717, 1.165) is 0 Å². The topological polar surface area (TPSA) is 58.9 Å². The van der Waals surface area contributed by atoms with Crippen LogP contribution in [0.15, 0.2) is 0 Å². The maximum atomic E-state index is 8.69. The van der Waals surface area contributed by atoms with Gasteiger partial charge in [0.25, 0.3) is 0 Å². The molecule has 0 aromatic heterocycles. The highest BCUT2D eigenvalue weighted by atomic mass is 16.5. The fourth-order valence-electron chi connectivity index (χ4n) is 1.32. The second-order valence-corrected chi connectivity index (χ2v) is 5.81. The predicted molar refractivity (Wildman–Crippen MR) is 77.2 cm³/mol. The first kappa shape index (κ1) is 18.8. The van der Waals surface area contributed by atoms with Crippen LogP contribution in [0.2, 0.25) is 0 Å². The van der Waals surface area contributed by atoms with Gasteiger partial charge in [-0.25, -0.2) is 0 Å². The van der Waals surface area contributed by atoms with Crippen LogP contribution < -0.4 is 0 Å². The van der Waals surface area contributed by atoms with Gasteiger partial charge in [0.1, 0.15) is 0 Å². The van der Waals surface area contributed by atoms with Crippen LogP contribution in [-0.2, 0) is 9.47 Å². The molecule has 0 amide bonds. The highest BCUT2D eigenvalue weighted by molar-refractivity contribution is 4.71. The number of hydrogen-bond donors (Lipinski definition) is 2. The Morgan fingerprint density at radius 1 is 1.11 bits per heavy atom. The molecule has 1 saturated carbocycles. The van der Waals surface area contributed by atoms with Crippen molar-refractivity contribution >= 4 is 0 Å². The molecule has 4 heteroatoms. The van der Waals surface area contributed by atoms with E-state index in [1.54, 1.807) is 13.8 Å². The van der Waals surface area contributed by atoms with E-state index in [1.807, 2.05) is 0 Å². The van der Waals surface area contributed by atoms with Gasteiger partial charge in [-0.15, -0.1) is 0 Å². The SMILES string of the molecule is CC(C)C(C)OC1CCC1.CC(O)COC(C)CO. The molecule has 116 valence electrons. The van der Waals surface area contributed by atoms with Crippen LogP contribution in [0.3, 0.4) is 0 Å². The van der Waals surface area contributed by atoms with Crippen molar-refractivity contribution in [3.05, 3.63) is 0 Å². The molecule has 1 aliphatic rings. The zero-order valence-electron chi connectivity index (χ0n) is 13.1. The van der Waals surface area contributed by atoms with Gasteiger partial charge < -0.3 is 19.7 Å². The number of aliphatic hydroxyl groups is 2. The molecule has 19 heavy (non-hydrogen) atoms. The zero-order chi connectivity index (χ0) is 14.8. The van der Waals surface area contributed by atoms with Crippen LogP contribution in [-0.4, -0.2) is 47.8 Å². The first-order valence-corrected chi connectivity index (χ1v) is 7.42. The fraction of sp³-hybridized carbons (Fsp3) is 1.00. The Bertz CT molecular complexity index is 202. The van der Waals surface area contributed by atoms with Crippen LogP contribution in [0.1, 0.15) is 53.9 Å². The second kappa shape index (κ2) is 10.6. The van der Waals surface area contributed by atoms with Crippen molar-refractivity contribution in [2.24, 2.45) is 5.92 Å². The molecule has 1 aliphatic carbocycles. The standard InChI is InChI=1S/C9H18O.C6H14O3/c1-7(2)8(3)10-9-5-4-6-9;1-5(8)4-9-6(2)3-7/h7-9H,4-6H2,1-3H3;5-8H,3-4H2,1-2H3. The predicted octanol–water partition coefficient (Wildman–Crippen LogP) is 2.36. The fourth-order valence-corrected chi connectivity index (χ4v) is 1.32. The summed E-state index contributed by atoms with van der Waals surface area (Å²) in [4.78, 5) is 0. The molecule has 1 fully saturated rings. The Labute approximate surface area is 118 Å². The van der Waals surface area contributed by atoms with Gasteiger partial charge in [-0.3, -0.25) is 0 Å². The van der Waals surface area contributed by atoms with Crippen LogP contribution in [0.25, 0.3) is 0 Å². The van der Waals surface area contributed by atoms with E-state index >= 15 is 0 Å². The summed E-state index contributed by atoms with van der Waals surface area (Å²) in [5.41, 5.74) is 0.